The number of carbonyl (C=O) groups is 2. The van der Waals surface area contributed by atoms with E-state index in [0.717, 1.165) is 61.2 Å². The van der Waals surface area contributed by atoms with Crippen molar-refractivity contribution < 1.29 is 9.59 Å². The van der Waals surface area contributed by atoms with E-state index in [9.17, 15) is 9.59 Å². The SMILES string of the molecule is Cc1c(CC(=O)NC2CC2)c2c(n1CCc1ccccc1)CCCC2=O. The molecule has 136 valence electrons. The molecule has 1 heterocycles. The molecule has 1 aromatic carbocycles. The first-order chi connectivity index (χ1) is 12.6. The Balaban J connectivity index is 1.61. The molecule has 1 saturated carbocycles. The first-order valence-corrected chi connectivity index (χ1v) is 9.71. The van der Waals surface area contributed by atoms with Crippen LogP contribution in [-0.2, 0) is 30.6 Å². The van der Waals surface area contributed by atoms with Crippen LogP contribution in [0.2, 0.25) is 0 Å². The lowest BCUT2D eigenvalue weighted by atomic mass is 9.92. The van der Waals surface area contributed by atoms with Crippen LogP contribution >= 0.6 is 0 Å². The smallest absolute Gasteiger partial charge is 0.224 e. The largest absolute Gasteiger partial charge is 0.353 e. The summed E-state index contributed by atoms with van der Waals surface area (Å²) in [4.78, 5) is 25.0. The number of benzene rings is 1. The summed E-state index contributed by atoms with van der Waals surface area (Å²) in [5.74, 6) is 0.263. The molecule has 0 atom stereocenters. The van der Waals surface area contributed by atoms with Gasteiger partial charge in [0.25, 0.3) is 0 Å². The fourth-order valence-electron chi connectivity index (χ4n) is 4.06. The second kappa shape index (κ2) is 7.10. The molecule has 1 aromatic heterocycles. The van der Waals surface area contributed by atoms with E-state index in [-0.39, 0.29) is 11.7 Å². The van der Waals surface area contributed by atoms with Gasteiger partial charge in [-0.2, -0.15) is 0 Å². The average molecular weight is 350 g/mol. The molecule has 4 rings (SSSR count). The highest BCUT2D eigenvalue weighted by molar-refractivity contribution is 6.01. The number of ketones is 1. The normalized spacial score (nSPS) is 16.4. The maximum absolute atomic E-state index is 12.6. The first kappa shape index (κ1) is 17.1. The van der Waals surface area contributed by atoms with Gasteiger partial charge in [0.15, 0.2) is 5.78 Å². The van der Waals surface area contributed by atoms with Crippen molar-refractivity contribution >= 4 is 11.7 Å². The van der Waals surface area contributed by atoms with Crippen molar-refractivity contribution in [1.29, 1.82) is 0 Å². The van der Waals surface area contributed by atoms with Gasteiger partial charge in [-0.25, -0.2) is 0 Å². The third kappa shape index (κ3) is 3.46. The molecule has 4 nitrogen and oxygen atoms in total. The number of carbonyl (C=O) groups excluding carboxylic acids is 2. The van der Waals surface area contributed by atoms with Gasteiger partial charge >= 0.3 is 0 Å². The summed E-state index contributed by atoms with van der Waals surface area (Å²) >= 11 is 0. The van der Waals surface area contributed by atoms with Gasteiger partial charge < -0.3 is 9.88 Å². The maximum atomic E-state index is 12.6. The molecule has 26 heavy (non-hydrogen) atoms. The van der Waals surface area contributed by atoms with Crippen LogP contribution in [-0.4, -0.2) is 22.3 Å². The summed E-state index contributed by atoms with van der Waals surface area (Å²) in [5.41, 5.74) is 5.32. The lowest BCUT2D eigenvalue weighted by Gasteiger charge is -2.16. The van der Waals surface area contributed by atoms with Gasteiger partial charge in [0.05, 0.1) is 6.42 Å². The minimum atomic E-state index is 0.0528. The summed E-state index contributed by atoms with van der Waals surface area (Å²) in [6, 6.07) is 10.8. The van der Waals surface area contributed by atoms with E-state index in [4.69, 9.17) is 0 Å². The van der Waals surface area contributed by atoms with E-state index >= 15 is 0 Å². The standard InChI is InChI=1S/C22H26N2O2/c1-15-18(14-21(26)23-17-10-11-17)22-19(8-5-9-20(22)25)24(15)13-12-16-6-3-2-4-7-16/h2-4,6-7,17H,5,8-14H2,1H3,(H,23,26). The number of aromatic nitrogens is 1. The average Bonchev–Trinajstić information content (AvgIpc) is 3.40. The van der Waals surface area contributed by atoms with Crippen LogP contribution in [0.1, 0.15) is 58.6 Å². The fraction of sp³-hybridized carbons (Fsp3) is 0.455. The molecule has 2 aliphatic carbocycles. The van der Waals surface area contributed by atoms with Crippen LogP contribution in [0, 0.1) is 6.92 Å². The third-order valence-corrected chi connectivity index (χ3v) is 5.60. The molecule has 1 N–H and O–H groups in total. The highest BCUT2D eigenvalue weighted by atomic mass is 16.1. The Morgan fingerprint density at radius 2 is 1.96 bits per heavy atom. The second-order valence-electron chi connectivity index (χ2n) is 7.57. The maximum Gasteiger partial charge on any atom is 0.224 e. The number of rotatable bonds is 6. The van der Waals surface area contributed by atoms with E-state index in [0.29, 0.717) is 18.9 Å². The zero-order valence-corrected chi connectivity index (χ0v) is 15.4. The molecule has 2 aromatic rings. The number of nitrogens with one attached hydrogen (secondary N) is 1. The summed E-state index contributed by atoms with van der Waals surface area (Å²) in [5, 5.41) is 3.06. The van der Waals surface area contributed by atoms with E-state index in [1.807, 2.05) is 6.07 Å². The predicted molar refractivity (Wildman–Crippen MR) is 101 cm³/mol. The summed E-state index contributed by atoms with van der Waals surface area (Å²) in [7, 11) is 0. The highest BCUT2D eigenvalue weighted by Crippen LogP contribution is 2.31. The van der Waals surface area contributed by atoms with Gasteiger partial charge in [0, 0.05) is 36.0 Å². The van der Waals surface area contributed by atoms with Crippen LogP contribution in [0.15, 0.2) is 30.3 Å². The molecule has 0 bridgehead atoms. The van der Waals surface area contributed by atoms with Crippen LogP contribution in [0.3, 0.4) is 0 Å². The summed E-state index contributed by atoms with van der Waals surface area (Å²) in [6.45, 7) is 2.92. The topological polar surface area (TPSA) is 51.1 Å². The first-order valence-electron chi connectivity index (χ1n) is 9.71. The third-order valence-electron chi connectivity index (χ3n) is 5.60. The molecule has 0 aliphatic heterocycles. The van der Waals surface area contributed by atoms with Crippen LogP contribution in [0.4, 0.5) is 0 Å². The van der Waals surface area contributed by atoms with Gasteiger partial charge in [-0.3, -0.25) is 9.59 Å². The molecular formula is C22H26N2O2. The van der Waals surface area contributed by atoms with E-state index in [1.54, 1.807) is 0 Å². The summed E-state index contributed by atoms with van der Waals surface area (Å²) in [6.07, 6.45) is 5.88. The van der Waals surface area contributed by atoms with Gasteiger partial charge in [-0.05, 0) is 50.2 Å². The Hall–Kier alpha value is -2.36. The zero-order valence-electron chi connectivity index (χ0n) is 15.4. The second-order valence-corrected chi connectivity index (χ2v) is 7.57. The van der Waals surface area contributed by atoms with E-state index < -0.39 is 0 Å². The molecule has 0 unspecified atom stereocenters. The monoisotopic (exact) mass is 350 g/mol. The van der Waals surface area contributed by atoms with Crippen molar-refractivity contribution in [3.05, 3.63) is 58.4 Å². The minimum Gasteiger partial charge on any atom is -0.353 e. The Labute approximate surface area is 154 Å². The summed E-state index contributed by atoms with van der Waals surface area (Å²) < 4.78 is 2.29. The highest BCUT2D eigenvalue weighted by Gasteiger charge is 2.30. The van der Waals surface area contributed by atoms with Crippen molar-refractivity contribution in [1.82, 2.24) is 9.88 Å². The van der Waals surface area contributed by atoms with Gasteiger partial charge in [0.1, 0.15) is 0 Å². The van der Waals surface area contributed by atoms with Crippen molar-refractivity contribution in [2.45, 2.75) is 64.5 Å². The van der Waals surface area contributed by atoms with E-state index in [1.165, 1.54) is 5.56 Å². The molecular weight excluding hydrogens is 324 g/mol. The Bertz CT molecular complexity index is 832. The number of amides is 1. The van der Waals surface area contributed by atoms with Gasteiger partial charge in [-0.1, -0.05) is 30.3 Å². The molecule has 4 heteroatoms. The number of hydrogen-bond acceptors (Lipinski definition) is 2. The van der Waals surface area contributed by atoms with Crippen molar-refractivity contribution in [3.63, 3.8) is 0 Å². The Morgan fingerprint density at radius 3 is 2.69 bits per heavy atom. The van der Waals surface area contributed by atoms with Gasteiger partial charge in [0.2, 0.25) is 5.91 Å². The van der Waals surface area contributed by atoms with Crippen LogP contribution < -0.4 is 5.32 Å². The zero-order chi connectivity index (χ0) is 18.1. The van der Waals surface area contributed by atoms with Gasteiger partial charge in [-0.15, -0.1) is 0 Å². The number of hydrogen-bond donors (Lipinski definition) is 1. The molecule has 0 radical (unpaired) electrons. The van der Waals surface area contributed by atoms with Crippen LogP contribution in [0.5, 0.6) is 0 Å². The number of aryl methyl sites for hydroxylation is 1. The number of nitrogens with zero attached hydrogens (tertiary/aromatic N) is 1. The van der Waals surface area contributed by atoms with Crippen molar-refractivity contribution in [2.24, 2.45) is 0 Å². The molecule has 1 fully saturated rings. The van der Waals surface area contributed by atoms with Crippen molar-refractivity contribution in [2.75, 3.05) is 0 Å². The molecule has 2 aliphatic rings. The van der Waals surface area contributed by atoms with E-state index in [2.05, 4.69) is 41.1 Å². The Morgan fingerprint density at radius 1 is 1.19 bits per heavy atom. The number of fused-ring (bicyclic) bond motifs is 1. The molecule has 0 saturated heterocycles. The lowest BCUT2D eigenvalue weighted by Crippen LogP contribution is -2.27. The Kier molecular flexibility index (Phi) is 4.66. The quantitative estimate of drug-likeness (QED) is 0.868. The minimum absolute atomic E-state index is 0.0528. The molecule has 0 spiro atoms. The molecule has 1 amide bonds. The number of Topliss-reactive ketones (excluding diaryl/α,β-unsaturated/α-hetero) is 1. The van der Waals surface area contributed by atoms with Crippen LogP contribution in [0.25, 0.3) is 0 Å². The lowest BCUT2D eigenvalue weighted by molar-refractivity contribution is -0.120. The van der Waals surface area contributed by atoms with Crippen molar-refractivity contribution in [3.8, 4) is 0 Å². The predicted octanol–water partition coefficient (Wildman–Crippen LogP) is 3.38. The fourth-order valence-corrected chi connectivity index (χ4v) is 4.06.